The second kappa shape index (κ2) is 4.34. The monoisotopic (exact) mass is 279 g/mol. The first-order chi connectivity index (χ1) is 10.3. The number of furan rings is 1. The van der Waals surface area contributed by atoms with Gasteiger partial charge in [0.1, 0.15) is 22.8 Å². The number of rotatable bonds is 2. The van der Waals surface area contributed by atoms with Gasteiger partial charge in [0.15, 0.2) is 0 Å². The molecule has 0 unspecified atom stereocenters. The van der Waals surface area contributed by atoms with Crippen molar-refractivity contribution in [1.29, 1.82) is 0 Å². The van der Waals surface area contributed by atoms with Crippen molar-refractivity contribution < 1.29 is 9.15 Å². The third-order valence-electron chi connectivity index (χ3n) is 3.49. The second-order valence-corrected chi connectivity index (χ2v) is 4.85. The summed E-state index contributed by atoms with van der Waals surface area (Å²) in [7, 11) is 1.61. The molecule has 104 valence electrons. The molecule has 3 aromatic heterocycles. The fraction of sp³-hybridized carbons (Fsp3) is 0.125. The van der Waals surface area contributed by atoms with Crippen LogP contribution in [0.25, 0.3) is 33.3 Å². The van der Waals surface area contributed by atoms with E-state index >= 15 is 0 Å². The van der Waals surface area contributed by atoms with Crippen molar-refractivity contribution in [3.05, 3.63) is 42.4 Å². The number of nitrogens with zero attached hydrogens (tertiary/aromatic N) is 2. The van der Waals surface area contributed by atoms with Gasteiger partial charge >= 0.3 is 0 Å². The number of hydrogen-bond acceptors (Lipinski definition) is 4. The van der Waals surface area contributed by atoms with Gasteiger partial charge in [0.05, 0.1) is 12.5 Å². The van der Waals surface area contributed by atoms with Crippen molar-refractivity contribution in [3.63, 3.8) is 0 Å². The molecule has 0 aliphatic heterocycles. The van der Waals surface area contributed by atoms with E-state index in [9.17, 15) is 0 Å². The Morgan fingerprint density at radius 2 is 2.05 bits per heavy atom. The number of methoxy groups -OCH3 is 1. The molecule has 0 saturated heterocycles. The average molecular weight is 279 g/mol. The average Bonchev–Trinajstić information content (AvgIpc) is 3.09. The van der Waals surface area contributed by atoms with E-state index in [1.54, 1.807) is 7.11 Å². The molecule has 0 bridgehead atoms. The van der Waals surface area contributed by atoms with Crippen LogP contribution in [0.5, 0.6) is 5.88 Å². The first kappa shape index (κ1) is 12.0. The van der Waals surface area contributed by atoms with E-state index < -0.39 is 0 Å². The van der Waals surface area contributed by atoms with Crippen LogP contribution in [-0.2, 0) is 0 Å². The lowest BCUT2D eigenvalue weighted by atomic mass is 10.1. The normalized spacial score (nSPS) is 11.3. The molecule has 1 N–H and O–H groups in total. The van der Waals surface area contributed by atoms with Crippen molar-refractivity contribution in [2.45, 2.75) is 6.92 Å². The number of H-pyrrole nitrogens is 1. The topological polar surface area (TPSA) is 63.9 Å². The number of ether oxygens (including phenoxy) is 1. The number of aromatic nitrogens is 3. The van der Waals surface area contributed by atoms with Crippen molar-refractivity contribution in [2.24, 2.45) is 0 Å². The zero-order valence-corrected chi connectivity index (χ0v) is 11.7. The Morgan fingerprint density at radius 1 is 1.19 bits per heavy atom. The molecule has 0 amide bonds. The summed E-state index contributed by atoms with van der Waals surface area (Å²) < 4.78 is 11.3. The predicted molar refractivity (Wildman–Crippen MR) is 80.4 cm³/mol. The smallest absolute Gasteiger partial charge is 0.226 e. The molecule has 0 atom stereocenters. The summed E-state index contributed by atoms with van der Waals surface area (Å²) in [6.07, 6.45) is 1.87. The fourth-order valence-electron chi connectivity index (χ4n) is 2.56. The molecule has 5 heteroatoms. The maximum atomic E-state index is 5.92. The van der Waals surface area contributed by atoms with E-state index in [1.165, 1.54) is 0 Å². The number of hydrogen-bond donors (Lipinski definition) is 1. The minimum atomic E-state index is 0.550. The van der Waals surface area contributed by atoms with E-state index in [-0.39, 0.29) is 0 Å². The number of benzene rings is 1. The van der Waals surface area contributed by atoms with Gasteiger partial charge in [0.25, 0.3) is 0 Å². The van der Waals surface area contributed by atoms with Crippen molar-refractivity contribution in [1.82, 2.24) is 15.0 Å². The largest absolute Gasteiger partial charge is 0.480 e. The lowest BCUT2D eigenvalue weighted by Gasteiger charge is -2.03. The van der Waals surface area contributed by atoms with Gasteiger partial charge < -0.3 is 14.1 Å². The van der Waals surface area contributed by atoms with E-state index in [1.807, 2.05) is 43.5 Å². The molecule has 0 aliphatic rings. The number of para-hydroxylation sites is 1. The summed E-state index contributed by atoms with van der Waals surface area (Å²) in [5, 5.41) is 1.90. The fourth-order valence-corrected chi connectivity index (χ4v) is 2.56. The van der Waals surface area contributed by atoms with Gasteiger partial charge in [-0.1, -0.05) is 18.2 Å². The molecule has 3 heterocycles. The van der Waals surface area contributed by atoms with E-state index in [2.05, 4.69) is 15.0 Å². The SMILES string of the molecule is COc1nc(C)nc2[nH]cc(-c3cc4ccccc4o3)c12. The van der Waals surface area contributed by atoms with Crippen LogP contribution in [0.3, 0.4) is 0 Å². The Morgan fingerprint density at radius 3 is 2.86 bits per heavy atom. The highest BCUT2D eigenvalue weighted by atomic mass is 16.5. The second-order valence-electron chi connectivity index (χ2n) is 4.85. The zero-order valence-electron chi connectivity index (χ0n) is 11.7. The molecule has 0 spiro atoms. The van der Waals surface area contributed by atoms with Gasteiger partial charge in [-0.3, -0.25) is 0 Å². The van der Waals surface area contributed by atoms with Gasteiger partial charge in [-0.05, 0) is 19.1 Å². The lowest BCUT2D eigenvalue weighted by molar-refractivity contribution is 0.401. The summed E-state index contributed by atoms with van der Waals surface area (Å²) >= 11 is 0. The first-order valence-electron chi connectivity index (χ1n) is 6.65. The summed E-state index contributed by atoms with van der Waals surface area (Å²) in [6.45, 7) is 1.84. The number of aromatic amines is 1. The molecule has 0 fully saturated rings. The van der Waals surface area contributed by atoms with Crippen LogP contribution >= 0.6 is 0 Å². The van der Waals surface area contributed by atoms with Gasteiger partial charge in [-0.25, -0.2) is 4.98 Å². The molecule has 0 radical (unpaired) electrons. The van der Waals surface area contributed by atoms with Crippen LogP contribution in [0.4, 0.5) is 0 Å². The highest BCUT2D eigenvalue weighted by Crippen LogP contribution is 2.36. The minimum Gasteiger partial charge on any atom is -0.480 e. The molecule has 5 nitrogen and oxygen atoms in total. The zero-order chi connectivity index (χ0) is 14.4. The van der Waals surface area contributed by atoms with Gasteiger partial charge in [0, 0.05) is 17.1 Å². The Kier molecular flexibility index (Phi) is 2.47. The first-order valence-corrected chi connectivity index (χ1v) is 6.65. The molecule has 21 heavy (non-hydrogen) atoms. The van der Waals surface area contributed by atoms with Crippen molar-refractivity contribution >= 4 is 22.0 Å². The summed E-state index contributed by atoms with van der Waals surface area (Å²) in [4.78, 5) is 11.9. The maximum Gasteiger partial charge on any atom is 0.226 e. The van der Waals surface area contributed by atoms with E-state index in [0.29, 0.717) is 11.7 Å². The Hall–Kier alpha value is -2.82. The van der Waals surface area contributed by atoms with Gasteiger partial charge in [-0.2, -0.15) is 4.98 Å². The molecular formula is C16H13N3O2. The number of nitrogens with one attached hydrogen (secondary N) is 1. The summed E-state index contributed by atoms with van der Waals surface area (Å²) in [6, 6.07) is 9.93. The molecule has 4 rings (SSSR count). The molecule has 0 aliphatic carbocycles. The van der Waals surface area contributed by atoms with Gasteiger partial charge in [-0.15, -0.1) is 0 Å². The highest BCUT2D eigenvalue weighted by molar-refractivity contribution is 5.98. The van der Waals surface area contributed by atoms with Crippen LogP contribution in [0, 0.1) is 6.92 Å². The van der Waals surface area contributed by atoms with Crippen LogP contribution in [0.1, 0.15) is 5.82 Å². The van der Waals surface area contributed by atoms with Crippen molar-refractivity contribution in [2.75, 3.05) is 7.11 Å². The Bertz CT molecular complexity index is 920. The molecular weight excluding hydrogens is 266 g/mol. The maximum absolute atomic E-state index is 5.92. The molecule has 1 aromatic carbocycles. The number of aryl methyl sites for hydroxylation is 1. The van der Waals surface area contributed by atoms with Crippen LogP contribution in [0.15, 0.2) is 40.9 Å². The third kappa shape index (κ3) is 1.78. The summed E-state index contributed by atoms with van der Waals surface area (Å²) in [5.74, 6) is 1.99. The van der Waals surface area contributed by atoms with E-state index in [4.69, 9.17) is 9.15 Å². The molecule has 0 saturated carbocycles. The van der Waals surface area contributed by atoms with Crippen LogP contribution < -0.4 is 4.74 Å². The predicted octanol–water partition coefficient (Wildman–Crippen LogP) is 3.69. The minimum absolute atomic E-state index is 0.550. The van der Waals surface area contributed by atoms with Gasteiger partial charge in [0.2, 0.25) is 5.88 Å². The lowest BCUT2D eigenvalue weighted by Crippen LogP contribution is -1.94. The Balaban J connectivity index is 2.01. The standard InChI is InChI=1S/C16H13N3O2/c1-9-18-15-14(16(19-9)20-2)11(8-17-15)13-7-10-5-3-4-6-12(10)21-13/h3-8H,1-2H3,(H,17,18,19). The van der Waals surface area contributed by atoms with E-state index in [0.717, 1.165) is 33.3 Å². The van der Waals surface area contributed by atoms with Crippen LogP contribution in [-0.4, -0.2) is 22.1 Å². The van der Waals surface area contributed by atoms with Crippen LogP contribution in [0.2, 0.25) is 0 Å². The Labute approximate surface area is 120 Å². The number of fused-ring (bicyclic) bond motifs is 2. The molecule has 4 aromatic rings. The quantitative estimate of drug-likeness (QED) is 0.608. The van der Waals surface area contributed by atoms with Crippen molar-refractivity contribution in [3.8, 4) is 17.2 Å². The summed E-state index contributed by atoms with van der Waals surface area (Å²) in [5.41, 5.74) is 2.50. The third-order valence-corrected chi connectivity index (χ3v) is 3.49. The highest BCUT2D eigenvalue weighted by Gasteiger charge is 2.17.